The zero-order chi connectivity index (χ0) is 13.9. The summed E-state index contributed by atoms with van der Waals surface area (Å²) in [6.45, 7) is 2.63. The maximum atomic E-state index is 12.1. The second-order valence-electron chi connectivity index (χ2n) is 5.05. The molecule has 1 aliphatic heterocycles. The Morgan fingerprint density at radius 2 is 1.84 bits per heavy atom. The predicted molar refractivity (Wildman–Crippen MR) is 79.6 cm³/mol. The van der Waals surface area contributed by atoms with E-state index in [4.69, 9.17) is 0 Å². The average Bonchev–Trinajstić information content (AvgIpc) is 2.39. The topological polar surface area (TPSA) is 49.4 Å². The van der Waals surface area contributed by atoms with Crippen molar-refractivity contribution in [2.45, 2.75) is 17.7 Å². The molecule has 0 radical (unpaired) electrons. The van der Waals surface area contributed by atoms with E-state index in [0.717, 1.165) is 30.4 Å². The molecule has 0 bridgehead atoms. The normalized spacial score (nSPS) is 18.6. The van der Waals surface area contributed by atoms with Crippen LogP contribution in [0.25, 0.3) is 0 Å². The fourth-order valence-electron chi connectivity index (χ4n) is 2.19. The van der Waals surface area contributed by atoms with Gasteiger partial charge in [-0.15, -0.1) is 0 Å². The van der Waals surface area contributed by atoms with Crippen LogP contribution in [-0.4, -0.2) is 40.0 Å². The van der Waals surface area contributed by atoms with Crippen LogP contribution in [0.5, 0.6) is 0 Å². The Balaban J connectivity index is 1.92. The highest BCUT2D eigenvalue weighted by Crippen LogP contribution is 2.17. The number of rotatable bonds is 4. The Morgan fingerprint density at radius 1 is 1.26 bits per heavy atom. The number of piperidine rings is 1. The Morgan fingerprint density at radius 3 is 2.42 bits per heavy atom. The molecule has 1 fully saturated rings. The van der Waals surface area contributed by atoms with Crippen LogP contribution in [-0.2, 0) is 10.0 Å². The molecule has 0 unspecified atom stereocenters. The van der Waals surface area contributed by atoms with Crippen molar-refractivity contribution in [3.05, 3.63) is 28.7 Å². The van der Waals surface area contributed by atoms with Gasteiger partial charge in [-0.25, -0.2) is 13.1 Å². The summed E-state index contributed by atoms with van der Waals surface area (Å²) in [4.78, 5) is 2.60. The van der Waals surface area contributed by atoms with Gasteiger partial charge in [-0.1, -0.05) is 15.9 Å². The lowest BCUT2D eigenvalue weighted by atomic mass is 9.98. The van der Waals surface area contributed by atoms with Crippen molar-refractivity contribution >= 4 is 26.0 Å². The number of sulfonamides is 1. The van der Waals surface area contributed by atoms with Gasteiger partial charge in [-0.05, 0) is 63.2 Å². The number of hydrogen-bond acceptors (Lipinski definition) is 3. The fraction of sp³-hybridized carbons (Fsp3) is 0.538. The van der Waals surface area contributed by atoms with Gasteiger partial charge in [0.05, 0.1) is 4.90 Å². The molecule has 1 aliphatic rings. The number of benzene rings is 1. The molecule has 1 aromatic rings. The van der Waals surface area contributed by atoms with Crippen LogP contribution in [0.1, 0.15) is 12.8 Å². The third kappa shape index (κ3) is 4.27. The molecule has 1 saturated heterocycles. The molecule has 0 aromatic heterocycles. The molecule has 4 nitrogen and oxygen atoms in total. The molecular formula is C13H19BrN2O2S. The highest BCUT2D eigenvalue weighted by molar-refractivity contribution is 9.10. The van der Waals surface area contributed by atoms with Crippen molar-refractivity contribution < 1.29 is 8.42 Å². The minimum absolute atomic E-state index is 0.323. The highest BCUT2D eigenvalue weighted by Gasteiger charge is 2.20. The van der Waals surface area contributed by atoms with Gasteiger partial charge in [0.25, 0.3) is 0 Å². The SMILES string of the molecule is CN1CCC(CNS(=O)(=O)c2ccc(Br)cc2)CC1. The first-order valence-electron chi connectivity index (χ1n) is 6.41. The van der Waals surface area contributed by atoms with E-state index in [1.54, 1.807) is 24.3 Å². The van der Waals surface area contributed by atoms with Crippen molar-refractivity contribution in [3.63, 3.8) is 0 Å². The van der Waals surface area contributed by atoms with E-state index in [-0.39, 0.29) is 0 Å². The molecule has 0 aliphatic carbocycles. The minimum atomic E-state index is -3.37. The van der Waals surface area contributed by atoms with Crippen LogP contribution in [0, 0.1) is 5.92 Å². The first-order chi connectivity index (χ1) is 8.97. The van der Waals surface area contributed by atoms with E-state index in [1.807, 2.05) is 0 Å². The largest absolute Gasteiger partial charge is 0.306 e. The first-order valence-corrected chi connectivity index (χ1v) is 8.69. The van der Waals surface area contributed by atoms with Gasteiger partial charge in [0, 0.05) is 11.0 Å². The third-order valence-corrected chi connectivity index (χ3v) is 5.49. The zero-order valence-electron chi connectivity index (χ0n) is 11.0. The molecule has 1 heterocycles. The Bertz CT molecular complexity index is 508. The fourth-order valence-corrected chi connectivity index (χ4v) is 3.57. The van der Waals surface area contributed by atoms with Crippen LogP contribution in [0.3, 0.4) is 0 Å². The molecule has 0 atom stereocenters. The molecule has 1 N–H and O–H groups in total. The smallest absolute Gasteiger partial charge is 0.240 e. The molecule has 0 spiro atoms. The van der Waals surface area contributed by atoms with Gasteiger partial charge in [-0.2, -0.15) is 0 Å². The number of nitrogens with one attached hydrogen (secondary N) is 1. The molecule has 0 saturated carbocycles. The van der Waals surface area contributed by atoms with E-state index in [9.17, 15) is 8.42 Å². The quantitative estimate of drug-likeness (QED) is 0.907. The van der Waals surface area contributed by atoms with Crippen LogP contribution in [0.4, 0.5) is 0 Å². The second-order valence-corrected chi connectivity index (χ2v) is 7.74. The predicted octanol–water partition coefficient (Wildman–Crippen LogP) is 2.07. The van der Waals surface area contributed by atoms with Crippen LogP contribution >= 0.6 is 15.9 Å². The van der Waals surface area contributed by atoms with E-state index in [2.05, 4.69) is 32.6 Å². The van der Waals surface area contributed by atoms with Gasteiger partial charge >= 0.3 is 0 Å². The molecule has 19 heavy (non-hydrogen) atoms. The van der Waals surface area contributed by atoms with Crippen molar-refractivity contribution in [3.8, 4) is 0 Å². The second kappa shape index (κ2) is 6.35. The van der Waals surface area contributed by atoms with Crippen molar-refractivity contribution in [2.75, 3.05) is 26.7 Å². The molecular weight excluding hydrogens is 328 g/mol. The molecule has 6 heteroatoms. The van der Waals surface area contributed by atoms with Gasteiger partial charge in [0.15, 0.2) is 0 Å². The summed E-state index contributed by atoms with van der Waals surface area (Å²) in [6.07, 6.45) is 2.11. The van der Waals surface area contributed by atoms with Gasteiger partial charge in [-0.3, -0.25) is 0 Å². The lowest BCUT2D eigenvalue weighted by molar-refractivity contribution is 0.220. The molecule has 106 valence electrons. The maximum absolute atomic E-state index is 12.1. The van der Waals surface area contributed by atoms with Gasteiger partial charge in [0.1, 0.15) is 0 Å². The zero-order valence-corrected chi connectivity index (χ0v) is 13.4. The van der Waals surface area contributed by atoms with Crippen molar-refractivity contribution in [1.82, 2.24) is 9.62 Å². The van der Waals surface area contributed by atoms with E-state index in [1.165, 1.54) is 0 Å². The summed E-state index contributed by atoms with van der Waals surface area (Å²) in [5.74, 6) is 0.446. The lowest BCUT2D eigenvalue weighted by Gasteiger charge is -2.28. The summed E-state index contributed by atoms with van der Waals surface area (Å²) < 4.78 is 27.8. The Labute approximate surface area is 123 Å². The standard InChI is InChI=1S/C13H19BrN2O2S/c1-16-8-6-11(7-9-16)10-15-19(17,18)13-4-2-12(14)3-5-13/h2-5,11,15H,6-10H2,1H3. The number of hydrogen-bond donors (Lipinski definition) is 1. The average molecular weight is 347 g/mol. The summed E-state index contributed by atoms with van der Waals surface area (Å²) in [5, 5.41) is 0. The summed E-state index contributed by atoms with van der Waals surface area (Å²) in [5.41, 5.74) is 0. The van der Waals surface area contributed by atoms with E-state index >= 15 is 0 Å². The number of halogens is 1. The first kappa shape index (κ1) is 15.0. The van der Waals surface area contributed by atoms with Crippen LogP contribution in [0.2, 0.25) is 0 Å². The third-order valence-electron chi connectivity index (χ3n) is 3.52. The van der Waals surface area contributed by atoms with Gasteiger partial charge < -0.3 is 4.90 Å². The van der Waals surface area contributed by atoms with E-state index < -0.39 is 10.0 Å². The summed E-state index contributed by atoms with van der Waals surface area (Å²) in [7, 11) is -1.27. The van der Waals surface area contributed by atoms with Crippen molar-refractivity contribution in [2.24, 2.45) is 5.92 Å². The van der Waals surface area contributed by atoms with Crippen molar-refractivity contribution in [1.29, 1.82) is 0 Å². The molecule has 0 amide bonds. The Hall–Kier alpha value is -0.430. The summed E-state index contributed by atoms with van der Waals surface area (Å²) in [6, 6.07) is 6.70. The minimum Gasteiger partial charge on any atom is -0.306 e. The maximum Gasteiger partial charge on any atom is 0.240 e. The number of nitrogens with zero attached hydrogens (tertiary/aromatic N) is 1. The number of likely N-dealkylation sites (tertiary alicyclic amines) is 1. The Kier molecular flexibility index (Phi) is 5.00. The van der Waals surface area contributed by atoms with Crippen LogP contribution < -0.4 is 4.72 Å². The highest BCUT2D eigenvalue weighted by atomic mass is 79.9. The monoisotopic (exact) mass is 346 g/mol. The molecule has 2 rings (SSSR count). The molecule has 1 aromatic carbocycles. The lowest BCUT2D eigenvalue weighted by Crippen LogP contribution is -2.36. The van der Waals surface area contributed by atoms with Gasteiger partial charge in [0.2, 0.25) is 10.0 Å². The van der Waals surface area contributed by atoms with E-state index in [0.29, 0.717) is 17.4 Å². The van der Waals surface area contributed by atoms with Crippen LogP contribution in [0.15, 0.2) is 33.6 Å². The summed E-state index contributed by atoms with van der Waals surface area (Å²) >= 11 is 3.30.